The van der Waals surface area contributed by atoms with Crippen molar-refractivity contribution in [2.45, 2.75) is 0 Å². The Morgan fingerprint density at radius 1 is 1.56 bits per heavy atom. The van der Waals surface area contributed by atoms with Crippen molar-refractivity contribution >= 4 is 23.1 Å². The molecule has 0 saturated heterocycles. The molecule has 1 aromatic rings. The van der Waals surface area contributed by atoms with E-state index in [2.05, 4.69) is 0 Å². The molecule has 1 rings (SSSR count). The molecule has 0 amide bonds. The van der Waals surface area contributed by atoms with Gasteiger partial charge in [0.25, 0.3) is 0 Å². The SMILES string of the molecule is COc1ccc(/C(=C/C(=O)O)CO)cc1Cl. The number of rotatable bonds is 4. The molecular formula is C11H11ClO4. The van der Waals surface area contributed by atoms with Gasteiger partial charge in [-0.1, -0.05) is 17.7 Å². The number of hydrogen-bond acceptors (Lipinski definition) is 3. The first-order valence-electron chi connectivity index (χ1n) is 4.46. The standard InChI is InChI=1S/C11H11ClO4/c1-16-10-3-2-7(4-9(10)12)8(6-13)5-11(14)15/h2-5,13H,6H2,1H3,(H,14,15)/b8-5+. The maximum atomic E-state index is 10.5. The van der Waals surface area contributed by atoms with Gasteiger partial charge in [-0.25, -0.2) is 4.79 Å². The molecule has 0 aliphatic heterocycles. The van der Waals surface area contributed by atoms with E-state index in [0.717, 1.165) is 6.08 Å². The third-order valence-electron chi connectivity index (χ3n) is 1.99. The number of aliphatic carboxylic acids is 1. The highest BCUT2D eigenvalue weighted by Gasteiger charge is 2.06. The summed E-state index contributed by atoms with van der Waals surface area (Å²) in [6.07, 6.45) is 0.943. The highest BCUT2D eigenvalue weighted by Crippen LogP contribution is 2.27. The van der Waals surface area contributed by atoms with Gasteiger partial charge in [-0.05, 0) is 23.3 Å². The summed E-state index contributed by atoms with van der Waals surface area (Å²) in [6, 6.07) is 4.80. The number of ether oxygens (including phenoxy) is 1. The first-order chi connectivity index (χ1) is 7.58. The second-order valence-electron chi connectivity index (χ2n) is 3.02. The monoisotopic (exact) mass is 242 g/mol. The molecule has 0 aliphatic carbocycles. The van der Waals surface area contributed by atoms with Crippen LogP contribution in [-0.4, -0.2) is 29.9 Å². The van der Waals surface area contributed by atoms with Crippen molar-refractivity contribution in [3.63, 3.8) is 0 Å². The van der Waals surface area contributed by atoms with E-state index in [9.17, 15) is 4.79 Å². The number of methoxy groups -OCH3 is 1. The van der Waals surface area contributed by atoms with Gasteiger partial charge in [-0.15, -0.1) is 0 Å². The fourth-order valence-corrected chi connectivity index (χ4v) is 1.49. The zero-order valence-corrected chi connectivity index (χ0v) is 9.36. The summed E-state index contributed by atoms with van der Waals surface area (Å²) in [5.41, 5.74) is 0.841. The molecular weight excluding hydrogens is 232 g/mol. The third kappa shape index (κ3) is 2.98. The molecule has 0 heterocycles. The first kappa shape index (κ1) is 12.5. The van der Waals surface area contributed by atoms with Crippen LogP contribution >= 0.6 is 11.6 Å². The van der Waals surface area contributed by atoms with Gasteiger partial charge >= 0.3 is 5.97 Å². The van der Waals surface area contributed by atoms with Crippen molar-refractivity contribution in [3.8, 4) is 5.75 Å². The van der Waals surface area contributed by atoms with E-state index in [1.807, 2.05) is 0 Å². The molecule has 0 unspecified atom stereocenters. The van der Waals surface area contributed by atoms with E-state index in [1.54, 1.807) is 18.2 Å². The first-order valence-corrected chi connectivity index (χ1v) is 4.84. The average molecular weight is 243 g/mol. The number of carbonyl (C=O) groups is 1. The van der Waals surface area contributed by atoms with Crippen LogP contribution < -0.4 is 4.74 Å². The topological polar surface area (TPSA) is 66.8 Å². The van der Waals surface area contributed by atoms with Crippen LogP contribution in [0.15, 0.2) is 24.3 Å². The number of aliphatic hydroxyl groups excluding tert-OH is 1. The lowest BCUT2D eigenvalue weighted by atomic mass is 10.1. The summed E-state index contributed by atoms with van der Waals surface area (Å²) in [5.74, 6) is -0.617. The highest BCUT2D eigenvalue weighted by atomic mass is 35.5. The fraction of sp³-hybridized carbons (Fsp3) is 0.182. The number of benzene rings is 1. The molecule has 1 aromatic carbocycles. The van der Waals surface area contributed by atoms with Gasteiger partial charge in [0.05, 0.1) is 18.7 Å². The van der Waals surface area contributed by atoms with E-state index in [1.165, 1.54) is 7.11 Å². The Kier molecular flexibility index (Phi) is 4.34. The van der Waals surface area contributed by atoms with Crippen molar-refractivity contribution in [2.24, 2.45) is 0 Å². The number of carboxylic acid groups (broad SMARTS) is 1. The lowest BCUT2D eigenvalue weighted by Crippen LogP contribution is -1.97. The minimum absolute atomic E-state index is 0.289. The van der Waals surface area contributed by atoms with Gasteiger partial charge in [0, 0.05) is 6.08 Å². The summed E-state index contributed by atoms with van der Waals surface area (Å²) in [6.45, 7) is -0.366. The Balaban J connectivity index is 3.13. The van der Waals surface area contributed by atoms with E-state index in [-0.39, 0.29) is 12.2 Å². The van der Waals surface area contributed by atoms with Crippen LogP contribution in [-0.2, 0) is 4.79 Å². The van der Waals surface area contributed by atoms with Crippen molar-refractivity contribution in [1.29, 1.82) is 0 Å². The van der Waals surface area contributed by atoms with E-state index < -0.39 is 5.97 Å². The number of carboxylic acids is 1. The Hall–Kier alpha value is -1.52. The lowest BCUT2D eigenvalue weighted by Gasteiger charge is -2.07. The predicted octanol–water partition coefficient (Wildman–Crippen LogP) is 1.81. The lowest BCUT2D eigenvalue weighted by molar-refractivity contribution is -0.131. The molecule has 4 nitrogen and oxygen atoms in total. The Labute approximate surface area is 97.7 Å². The molecule has 0 spiro atoms. The van der Waals surface area contributed by atoms with Gasteiger partial charge in [-0.3, -0.25) is 0 Å². The molecule has 0 saturated carbocycles. The van der Waals surface area contributed by atoms with Crippen molar-refractivity contribution in [1.82, 2.24) is 0 Å². The fourth-order valence-electron chi connectivity index (χ4n) is 1.24. The number of halogens is 1. The predicted molar refractivity (Wildman–Crippen MR) is 60.7 cm³/mol. The number of aliphatic hydroxyl groups is 1. The van der Waals surface area contributed by atoms with E-state index in [0.29, 0.717) is 16.3 Å². The van der Waals surface area contributed by atoms with Gasteiger partial charge < -0.3 is 14.9 Å². The summed E-state index contributed by atoms with van der Waals surface area (Å²) in [4.78, 5) is 10.5. The zero-order chi connectivity index (χ0) is 12.1. The normalized spacial score (nSPS) is 11.3. The maximum Gasteiger partial charge on any atom is 0.328 e. The highest BCUT2D eigenvalue weighted by molar-refractivity contribution is 6.32. The molecule has 0 bridgehead atoms. The molecule has 0 radical (unpaired) electrons. The van der Waals surface area contributed by atoms with Crippen molar-refractivity contribution in [3.05, 3.63) is 34.9 Å². The summed E-state index contributed by atoms with van der Waals surface area (Å²) in [5, 5.41) is 18.0. The molecule has 86 valence electrons. The summed E-state index contributed by atoms with van der Waals surface area (Å²) < 4.78 is 4.96. The van der Waals surface area contributed by atoms with E-state index in [4.69, 9.17) is 26.6 Å². The van der Waals surface area contributed by atoms with Crippen molar-refractivity contribution in [2.75, 3.05) is 13.7 Å². The Morgan fingerprint density at radius 2 is 2.25 bits per heavy atom. The molecule has 0 fully saturated rings. The Bertz CT molecular complexity index is 426. The average Bonchev–Trinajstić information content (AvgIpc) is 2.25. The quantitative estimate of drug-likeness (QED) is 0.791. The molecule has 0 aromatic heterocycles. The molecule has 2 N–H and O–H groups in total. The van der Waals surface area contributed by atoms with Gasteiger partial charge in [0.2, 0.25) is 0 Å². The molecule has 0 aliphatic rings. The van der Waals surface area contributed by atoms with Gasteiger partial charge in [0.1, 0.15) is 5.75 Å². The molecule has 16 heavy (non-hydrogen) atoms. The van der Waals surface area contributed by atoms with Gasteiger partial charge in [-0.2, -0.15) is 0 Å². The zero-order valence-electron chi connectivity index (χ0n) is 8.61. The van der Waals surface area contributed by atoms with Crippen LogP contribution in [0.4, 0.5) is 0 Å². The smallest absolute Gasteiger partial charge is 0.328 e. The third-order valence-corrected chi connectivity index (χ3v) is 2.29. The van der Waals surface area contributed by atoms with Crippen LogP contribution in [0.25, 0.3) is 5.57 Å². The summed E-state index contributed by atoms with van der Waals surface area (Å²) >= 11 is 5.89. The van der Waals surface area contributed by atoms with E-state index >= 15 is 0 Å². The minimum Gasteiger partial charge on any atom is -0.495 e. The van der Waals surface area contributed by atoms with Gasteiger partial charge in [0.15, 0.2) is 0 Å². The molecule has 5 heteroatoms. The summed E-state index contributed by atoms with van der Waals surface area (Å²) in [7, 11) is 1.49. The van der Waals surface area contributed by atoms with Crippen molar-refractivity contribution < 1.29 is 19.7 Å². The second-order valence-corrected chi connectivity index (χ2v) is 3.42. The van der Waals surface area contributed by atoms with Crippen LogP contribution in [0.2, 0.25) is 5.02 Å². The van der Waals surface area contributed by atoms with Crippen LogP contribution in [0.1, 0.15) is 5.56 Å². The molecule has 0 atom stereocenters. The second kappa shape index (κ2) is 5.53. The van der Waals surface area contributed by atoms with Crippen LogP contribution in [0, 0.1) is 0 Å². The largest absolute Gasteiger partial charge is 0.495 e. The number of hydrogen-bond donors (Lipinski definition) is 2. The van der Waals surface area contributed by atoms with Crippen LogP contribution in [0.3, 0.4) is 0 Å². The Morgan fingerprint density at radius 3 is 2.69 bits per heavy atom. The maximum absolute atomic E-state index is 10.5. The van der Waals surface area contributed by atoms with Crippen LogP contribution in [0.5, 0.6) is 5.75 Å². The minimum atomic E-state index is -1.11.